The number of amides is 4. The van der Waals surface area contributed by atoms with Gasteiger partial charge in [-0.25, -0.2) is 4.79 Å². The SMILES string of the molecule is CN(C)C(=O)NCC(=O)N1CCC2(CCCN(CC3CCC3)C2=O)C1. The summed E-state index contributed by atoms with van der Waals surface area (Å²) in [4.78, 5) is 42.2. The lowest BCUT2D eigenvalue weighted by Gasteiger charge is -2.42. The van der Waals surface area contributed by atoms with Crippen LogP contribution in [0.2, 0.25) is 0 Å². The van der Waals surface area contributed by atoms with Crippen LogP contribution in [0.5, 0.6) is 0 Å². The number of carbonyl (C=O) groups excluding carboxylic acids is 3. The molecule has 4 amide bonds. The van der Waals surface area contributed by atoms with E-state index < -0.39 is 0 Å². The first-order valence-corrected chi connectivity index (χ1v) is 9.44. The number of piperidine rings is 1. The van der Waals surface area contributed by atoms with Crippen molar-refractivity contribution in [1.29, 1.82) is 0 Å². The lowest BCUT2D eigenvalue weighted by molar-refractivity contribution is -0.147. The second-order valence-electron chi connectivity index (χ2n) is 8.05. The van der Waals surface area contributed by atoms with Gasteiger partial charge in [0.15, 0.2) is 0 Å². The highest BCUT2D eigenvalue weighted by atomic mass is 16.2. The molecular formula is C18H30N4O3. The molecule has 1 spiro atoms. The number of carbonyl (C=O) groups is 3. The molecular weight excluding hydrogens is 320 g/mol. The predicted molar refractivity (Wildman–Crippen MR) is 93.9 cm³/mol. The molecule has 3 fully saturated rings. The van der Waals surface area contributed by atoms with Crippen LogP contribution in [0.4, 0.5) is 4.79 Å². The van der Waals surface area contributed by atoms with Crippen LogP contribution in [-0.2, 0) is 9.59 Å². The third-order valence-electron chi connectivity index (χ3n) is 6.03. The van der Waals surface area contributed by atoms with E-state index in [9.17, 15) is 14.4 Å². The van der Waals surface area contributed by atoms with Gasteiger partial charge in [-0.1, -0.05) is 6.42 Å². The molecule has 2 heterocycles. The van der Waals surface area contributed by atoms with Crippen LogP contribution in [-0.4, -0.2) is 79.4 Å². The molecule has 0 aromatic heterocycles. The molecule has 0 aromatic carbocycles. The van der Waals surface area contributed by atoms with Crippen LogP contribution >= 0.6 is 0 Å². The molecule has 1 atom stereocenters. The van der Waals surface area contributed by atoms with Gasteiger partial charge < -0.3 is 20.0 Å². The molecule has 1 unspecified atom stereocenters. The van der Waals surface area contributed by atoms with E-state index >= 15 is 0 Å². The van der Waals surface area contributed by atoms with Crippen molar-refractivity contribution in [3.63, 3.8) is 0 Å². The van der Waals surface area contributed by atoms with E-state index in [1.165, 1.54) is 24.2 Å². The molecule has 1 N–H and O–H groups in total. The van der Waals surface area contributed by atoms with Crippen molar-refractivity contribution in [3.05, 3.63) is 0 Å². The molecule has 7 nitrogen and oxygen atoms in total. The van der Waals surface area contributed by atoms with Crippen molar-refractivity contribution in [2.45, 2.75) is 38.5 Å². The second-order valence-corrected chi connectivity index (χ2v) is 8.05. The fraction of sp³-hybridized carbons (Fsp3) is 0.833. The first-order chi connectivity index (χ1) is 11.9. The lowest BCUT2D eigenvalue weighted by atomic mass is 9.77. The molecule has 1 aliphatic carbocycles. The fourth-order valence-electron chi connectivity index (χ4n) is 4.20. The van der Waals surface area contributed by atoms with E-state index in [4.69, 9.17) is 0 Å². The first kappa shape index (κ1) is 18.0. The molecule has 0 bridgehead atoms. The van der Waals surface area contributed by atoms with Crippen molar-refractivity contribution in [2.24, 2.45) is 11.3 Å². The van der Waals surface area contributed by atoms with Gasteiger partial charge in [-0.3, -0.25) is 9.59 Å². The van der Waals surface area contributed by atoms with Gasteiger partial charge in [0.1, 0.15) is 0 Å². The number of hydrogen-bond acceptors (Lipinski definition) is 3. The zero-order chi connectivity index (χ0) is 18.0. The summed E-state index contributed by atoms with van der Waals surface area (Å²) in [6.07, 6.45) is 6.43. The number of hydrogen-bond donors (Lipinski definition) is 1. The number of nitrogens with zero attached hydrogens (tertiary/aromatic N) is 3. The van der Waals surface area contributed by atoms with Gasteiger partial charge in [0.25, 0.3) is 0 Å². The molecule has 3 rings (SSSR count). The summed E-state index contributed by atoms with van der Waals surface area (Å²) in [5, 5.41) is 2.61. The maximum Gasteiger partial charge on any atom is 0.317 e. The monoisotopic (exact) mass is 350 g/mol. The minimum absolute atomic E-state index is 0.00687. The van der Waals surface area contributed by atoms with E-state index in [1.807, 2.05) is 0 Å². The largest absolute Gasteiger partial charge is 0.342 e. The Kier molecular flexibility index (Phi) is 5.20. The van der Waals surface area contributed by atoms with Crippen LogP contribution in [0.3, 0.4) is 0 Å². The predicted octanol–water partition coefficient (Wildman–Crippen LogP) is 0.899. The summed E-state index contributed by atoms with van der Waals surface area (Å²) in [6.45, 7) is 2.87. The normalized spacial score (nSPS) is 26.7. The lowest BCUT2D eigenvalue weighted by Crippen LogP contribution is -2.52. The maximum atomic E-state index is 13.1. The van der Waals surface area contributed by atoms with Crippen LogP contribution < -0.4 is 5.32 Å². The van der Waals surface area contributed by atoms with Gasteiger partial charge in [0.2, 0.25) is 11.8 Å². The van der Waals surface area contributed by atoms with Crippen LogP contribution in [0, 0.1) is 11.3 Å². The summed E-state index contributed by atoms with van der Waals surface area (Å²) < 4.78 is 0. The summed E-state index contributed by atoms with van der Waals surface area (Å²) in [6, 6.07) is -0.275. The van der Waals surface area contributed by atoms with E-state index in [2.05, 4.69) is 10.2 Å². The first-order valence-electron chi connectivity index (χ1n) is 9.44. The zero-order valence-electron chi connectivity index (χ0n) is 15.4. The van der Waals surface area contributed by atoms with Crippen molar-refractivity contribution in [3.8, 4) is 0 Å². The van der Waals surface area contributed by atoms with Gasteiger partial charge in [-0.15, -0.1) is 0 Å². The maximum absolute atomic E-state index is 13.1. The smallest absolute Gasteiger partial charge is 0.317 e. The van der Waals surface area contributed by atoms with Crippen LogP contribution in [0.1, 0.15) is 38.5 Å². The van der Waals surface area contributed by atoms with E-state index in [-0.39, 0.29) is 29.8 Å². The van der Waals surface area contributed by atoms with Gasteiger partial charge >= 0.3 is 6.03 Å². The van der Waals surface area contributed by atoms with Gasteiger partial charge in [-0.05, 0) is 38.0 Å². The molecule has 1 saturated carbocycles. The van der Waals surface area contributed by atoms with Crippen molar-refractivity contribution >= 4 is 17.8 Å². The quantitative estimate of drug-likeness (QED) is 0.819. The third kappa shape index (κ3) is 3.75. The van der Waals surface area contributed by atoms with E-state index in [0.717, 1.165) is 32.4 Å². The molecule has 3 aliphatic rings. The Balaban J connectivity index is 1.55. The standard InChI is InChI=1S/C18H30N4O3/c1-20(2)17(25)19-11-15(23)22-10-8-18(13-22)7-4-9-21(16(18)24)12-14-5-3-6-14/h14H,3-13H2,1-2H3,(H,19,25). The number of urea groups is 1. The minimum Gasteiger partial charge on any atom is -0.342 e. The highest BCUT2D eigenvalue weighted by Gasteiger charge is 2.49. The molecule has 0 aromatic rings. The molecule has 2 saturated heterocycles. The van der Waals surface area contributed by atoms with Crippen molar-refractivity contribution < 1.29 is 14.4 Å². The minimum atomic E-state index is -0.386. The fourth-order valence-corrected chi connectivity index (χ4v) is 4.20. The Morgan fingerprint density at radius 2 is 1.96 bits per heavy atom. The third-order valence-corrected chi connectivity index (χ3v) is 6.03. The highest BCUT2D eigenvalue weighted by molar-refractivity contribution is 5.87. The van der Waals surface area contributed by atoms with Gasteiger partial charge in [-0.2, -0.15) is 0 Å². The molecule has 7 heteroatoms. The van der Waals surface area contributed by atoms with Gasteiger partial charge in [0, 0.05) is 40.3 Å². The summed E-state index contributed by atoms with van der Waals surface area (Å²) in [5.74, 6) is 0.828. The Morgan fingerprint density at radius 3 is 2.60 bits per heavy atom. The van der Waals surface area contributed by atoms with Crippen LogP contribution in [0.25, 0.3) is 0 Å². The average Bonchev–Trinajstić information content (AvgIpc) is 2.97. The summed E-state index contributed by atoms with van der Waals surface area (Å²) >= 11 is 0. The van der Waals surface area contributed by atoms with Crippen molar-refractivity contribution in [1.82, 2.24) is 20.0 Å². The number of nitrogens with one attached hydrogen (secondary N) is 1. The Hall–Kier alpha value is -1.79. The van der Waals surface area contributed by atoms with E-state index in [0.29, 0.717) is 19.0 Å². The molecule has 25 heavy (non-hydrogen) atoms. The Bertz CT molecular complexity index is 546. The molecule has 0 radical (unpaired) electrons. The molecule has 2 aliphatic heterocycles. The molecule has 140 valence electrons. The Morgan fingerprint density at radius 1 is 1.20 bits per heavy atom. The average molecular weight is 350 g/mol. The van der Waals surface area contributed by atoms with E-state index in [1.54, 1.807) is 19.0 Å². The second kappa shape index (κ2) is 7.22. The summed E-state index contributed by atoms with van der Waals surface area (Å²) in [7, 11) is 3.28. The Labute approximate surface area is 149 Å². The van der Waals surface area contributed by atoms with Crippen molar-refractivity contribution in [2.75, 3.05) is 46.8 Å². The highest BCUT2D eigenvalue weighted by Crippen LogP contribution is 2.41. The summed E-state index contributed by atoms with van der Waals surface area (Å²) in [5.41, 5.74) is -0.386. The topological polar surface area (TPSA) is 73.0 Å². The zero-order valence-corrected chi connectivity index (χ0v) is 15.4. The number of likely N-dealkylation sites (tertiary alicyclic amines) is 2. The van der Waals surface area contributed by atoms with Gasteiger partial charge in [0.05, 0.1) is 12.0 Å². The van der Waals surface area contributed by atoms with Crippen LogP contribution in [0.15, 0.2) is 0 Å². The number of rotatable bonds is 4.